The molecule has 29 heavy (non-hydrogen) atoms. The molecule has 0 atom stereocenters. The molecule has 0 spiro atoms. The lowest BCUT2D eigenvalue weighted by molar-refractivity contribution is 0.0696. The maximum absolute atomic E-state index is 12.1. The first-order valence-corrected chi connectivity index (χ1v) is 10.3. The average molecular weight is 410 g/mol. The molecule has 4 rings (SSSR count). The van der Waals surface area contributed by atoms with Gasteiger partial charge in [-0.05, 0) is 35.8 Å². The number of thiophene rings is 1. The number of hydrogen-bond acceptors (Lipinski definition) is 6. The minimum atomic E-state index is -0.851. The van der Waals surface area contributed by atoms with Gasteiger partial charge in [-0.1, -0.05) is 38.1 Å². The average Bonchev–Trinajstić information content (AvgIpc) is 3.06. The standard InChI is InChI=1S/C22H23N3O3S/c1-22(2)8-7-17-15(11-22)18(21(26)27)20(29-17)14-5-3-13(4-6-14)19-16(12-28-23)24-9-10-25-19/h3-6,9-10H,7-8,11-12,23H2,1-2H3,(H,26,27). The Morgan fingerprint density at radius 1 is 1.21 bits per heavy atom. The van der Waals surface area contributed by atoms with E-state index in [-0.39, 0.29) is 12.0 Å². The van der Waals surface area contributed by atoms with Gasteiger partial charge in [-0.3, -0.25) is 14.8 Å². The van der Waals surface area contributed by atoms with E-state index < -0.39 is 5.97 Å². The smallest absolute Gasteiger partial charge is 0.337 e. The molecule has 1 aliphatic carbocycles. The van der Waals surface area contributed by atoms with Gasteiger partial charge in [0, 0.05) is 27.7 Å². The minimum absolute atomic E-state index is 0.132. The van der Waals surface area contributed by atoms with Crippen molar-refractivity contribution in [3.63, 3.8) is 0 Å². The summed E-state index contributed by atoms with van der Waals surface area (Å²) in [5.41, 5.74) is 4.75. The quantitative estimate of drug-likeness (QED) is 0.603. The number of rotatable bonds is 5. The molecule has 7 heteroatoms. The molecular weight excluding hydrogens is 386 g/mol. The van der Waals surface area contributed by atoms with Crippen LogP contribution in [0.25, 0.3) is 21.7 Å². The summed E-state index contributed by atoms with van der Waals surface area (Å²) in [5, 5.41) is 9.93. The summed E-state index contributed by atoms with van der Waals surface area (Å²) in [7, 11) is 0. The van der Waals surface area contributed by atoms with Gasteiger partial charge in [0.05, 0.1) is 17.0 Å². The van der Waals surface area contributed by atoms with Gasteiger partial charge in [-0.15, -0.1) is 11.3 Å². The van der Waals surface area contributed by atoms with Crippen molar-refractivity contribution in [2.24, 2.45) is 11.3 Å². The third-order valence-electron chi connectivity index (χ3n) is 5.40. The monoisotopic (exact) mass is 409 g/mol. The molecule has 0 saturated heterocycles. The SMILES string of the molecule is CC1(C)CCc2sc(-c3ccc(-c4nccnc4CON)cc3)c(C(=O)O)c2C1. The summed E-state index contributed by atoms with van der Waals surface area (Å²) in [4.78, 5) is 27.5. The number of nitrogens with two attached hydrogens (primary N) is 1. The van der Waals surface area contributed by atoms with Crippen molar-refractivity contribution in [1.82, 2.24) is 9.97 Å². The highest BCUT2D eigenvalue weighted by Gasteiger charge is 2.32. The van der Waals surface area contributed by atoms with Crippen molar-refractivity contribution in [2.75, 3.05) is 0 Å². The van der Waals surface area contributed by atoms with Crippen LogP contribution in [0, 0.1) is 5.41 Å². The second kappa shape index (κ2) is 7.67. The van der Waals surface area contributed by atoms with Crippen molar-refractivity contribution < 1.29 is 14.7 Å². The van der Waals surface area contributed by atoms with Crippen LogP contribution in [-0.4, -0.2) is 21.0 Å². The molecule has 0 bridgehead atoms. The summed E-state index contributed by atoms with van der Waals surface area (Å²) in [5.74, 6) is 4.35. The normalized spacial score (nSPS) is 15.1. The Hall–Kier alpha value is -2.61. The van der Waals surface area contributed by atoms with Crippen molar-refractivity contribution in [3.8, 4) is 21.7 Å². The second-order valence-electron chi connectivity index (χ2n) is 8.09. The van der Waals surface area contributed by atoms with E-state index in [4.69, 9.17) is 10.7 Å². The van der Waals surface area contributed by atoms with E-state index in [1.54, 1.807) is 23.7 Å². The topological polar surface area (TPSA) is 98.3 Å². The van der Waals surface area contributed by atoms with Crippen LogP contribution in [0.1, 0.15) is 46.8 Å². The van der Waals surface area contributed by atoms with Gasteiger partial charge in [-0.25, -0.2) is 10.7 Å². The molecule has 0 saturated carbocycles. The number of hydrogen-bond donors (Lipinski definition) is 2. The van der Waals surface area contributed by atoms with Crippen molar-refractivity contribution in [1.29, 1.82) is 0 Å². The zero-order valence-corrected chi connectivity index (χ0v) is 17.3. The first-order chi connectivity index (χ1) is 13.9. The van der Waals surface area contributed by atoms with Crippen LogP contribution in [0.4, 0.5) is 0 Å². The lowest BCUT2D eigenvalue weighted by Crippen LogP contribution is -2.22. The number of aryl methyl sites for hydroxylation is 1. The van der Waals surface area contributed by atoms with Gasteiger partial charge in [0.1, 0.15) is 6.61 Å². The second-order valence-corrected chi connectivity index (χ2v) is 9.20. The number of benzene rings is 1. The van der Waals surface area contributed by atoms with E-state index in [0.717, 1.165) is 40.8 Å². The molecule has 150 valence electrons. The van der Waals surface area contributed by atoms with Gasteiger partial charge >= 0.3 is 5.97 Å². The van der Waals surface area contributed by atoms with Crippen LogP contribution in [0.2, 0.25) is 0 Å². The summed E-state index contributed by atoms with van der Waals surface area (Å²) in [6.07, 6.45) is 6.05. The summed E-state index contributed by atoms with van der Waals surface area (Å²) < 4.78 is 0. The minimum Gasteiger partial charge on any atom is -0.478 e. The van der Waals surface area contributed by atoms with Gasteiger partial charge in [0.2, 0.25) is 0 Å². The summed E-state index contributed by atoms with van der Waals surface area (Å²) >= 11 is 1.61. The number of carbonyl (C=O) groups is 1. The van der Waals surface area contributed by atoms with Crippen LogP contribution < -0.4 is 5.90 Å². The molecule has 1 aromatic carbocycles. The maximum atomic E-state index is 12.1. The Balaban J connectivity index is 1.74. The van der Waals surface area contributed by atoms with Gasteiger partial charge in [0.15, 0.2) is 0 Å². The van der Waals surface area contributed by atoms with Crippen LogP contribution >= 0.6 is 11.3 Å². The van der Waals surface area contributed by atoms with E-state index in [0.29, 0.717) is 17.0 Å². The highest BCUT2D eigenvalue weighted by atomic mass is 32.1. The maximum Gasteiger partial charge on any atom is 0.337 e. The van der Waals surface area contributed by atoms with Crippen LogP contribution in [-0.2, 0) is 24.3 Å². The van der Waals surface area contributed by atoms with E-state index in [1.165, 1.54) is 4.88 Å². The van der Waals surface area contributed by atoms with Crippen molar-refractivity contribution in [2.45, 2.75) is 39.7 Å². The predicted molar refractivity (Wildman–Crippen MR) is 113 cm³/mol. The number of nitrogens with zero attached hydrogens (tertiary/aromatic N) is 2. The fourth-order valence-electron chi connectivity index (χ4n) is 3.92. The van der Waals surface area contributed by atoms with Crippen LogP contribution in [0.15, 0.2) is 36.7 Å². The molecule has 2 heterocycles. The van der Waals surface area contributed by atoms with Gasteiger partial charge < -0.3 is 5.11 Å². The fourth-order valence-corrected chi connectivity index (χ4v) is 5.24. The van der Waals surface area contributed by atoms with Crippen LogP contribution in [0.5, 0.6) is 0 Å². The lowest BCUT2D eigenvalue weighted by atomic mass is 9.76. The Labute approximate surface area is 173 Å². The molecule has 0 amide bonds. The van der Waals surface area contributed by atoms with Gasteiger partial charge in [-0.2, -0.15) is 0 Å². The number of aromatic carboxylic acids is 1. The first-order valence-electron chi connectivity index (χ1n) is 9.50. The molecule has 0 radical (unpaired) electrons. The number of fused-ring (bicyclic) bond motifs is 1. The van der Waals surface area contributed by atoms with E-state index in [9.17, 15) is 9.90 Å². The Morgan fingerprint density at radius 2 is 1.90 bits per heavy atom. The highest BCUT2D eigenvalue weighted by Crippen LogP contribution is 2.45. The summed E-state index contributed by atoms with van der Waals surface area (Å²) in [6, 6.07) is 7.78. The van der Waals surface area contributed by atoms with Gasteiger partial charge in [0.25, 0.3) is 0 Å². The zero-order chi connectivity index (χ0) is 20.6. The van der Waals surface area contributed by atoms with E-state index in [1.807, 2.05) is 24.3 Å². The van der Waals surface area contributed by atoms with Crippen molar-refractivity contribution >= 4 is 17.3 Å². The Kier molecular flexibility index (Phi) is 5.21. The van der Waals surface area contributed by atoms with Crippen molar-refractivity contribution in [3.05, 3.63) is 58.4 Å². The largest absolute Gasteiger partial charge is 0.478 e. The predicted octanol–water partition coefficient (Wildman–Crippen LogP) is 4.48. The Bertz CT molecular complexity index is 1060. The number of aromatic nitrogens is 2. The third kappa shape index (κ3) is 3.81. The summed E-state index contributed by atoms with van der Waals surface area (Å²) in [6.45, 7) is 4.58. The Morgan fingerprint density at radius 3 is 2.59 bits per heavy atom. The molecule has 0 unspecified atom stereocenters. The lowest BCUT2D eigenvalue weighted by Gasteiger charge is -2.29. The van der Waals surface area contributed by atoms with E-state index in [2.05, 4.69) is 23.8 Å². The molecule has 0 fully saturated rings. The molecule has 0 aliphatic heterocycles. The highest BCUT2D eigenvalue weighted by molar-refractivity contribution is 7.16. The molecule has 1 aliphatic rings. The molecule has 3 aromatic rings. The molecular formula is C22H23N3O3S. The molecule has 3 N–H and O–H groups in total. The van der Waals surface area contributed by atoms with Crippen LogP contribution in [0.3, 0.4) is 0 Å². The fraction of sp³-hybridized carbons (Fsp3) is 0.318. The number of carboxylic acid groups (broad SMARTS) is 1. The molecule has 2 aromatic heterocycles. The first kappa shape index (κ1) is 19.7. The zero-order valence-electron chi connectivity index (χ0n) is 16.4. The van der Waals surface area contributed by atoms with E-state index >= 15 is 0 Å². The number of carboxylic acids is 1. The third-order valence-corrected chi connectivity index (χ3v) is 6.74. The molecule has 6 nitrogen and oxygen atoms in total.